The van der Waals surface area contributed by atoms with Crippen LogP contribution in [0.4, 0.5) is 5.82 Å². The Labute approximate surface area is 106 Å². The molecular formula is C9H12IN3OS. The lowest BCUT2D eigenvalue weighted by atomic mass is 10.1. The van der Waals surface area contributed by atoms with E-state index in [0.717, 1.165) is 18.7 Å². The Morgan fingerprint density at radius 2 is 2.27 bits per heavy atom. The summed E-state index contributed by atoms with van der Waals surface area (Å²) in [6.07, 6.45) is 3.74. The average molecular weight is 337 g/mol. The molecule has 0 bridgehead atoms. The van der Waals surface area contributed by atoms with Crippen LogP contribution in [0, 0.1) is 3.57 Å². The number of thioether (sulfide) groups is 1. The fraction of sp³-hybridized carbons (Fsp3) is 0.556. The third kappa shape index (κ3) is 2.87. The minimum atomic E-state index is -0.0710. The van der Waals surface area contributed by atoms with Gasteiger partial charge in [-0.3, -0.25) is 4.79 Å². The molecule has 0 radical (unpaired) electrons. The van der Waals surface area contributed by atoms with Crippen molar-refractivity contribution < 1.29 is 0 Å². The van der Waals surface area contributed by atoms with E-state index < -0.39 is 0 Å². The number of hydrogen-bond acceptors (Lipinski definition) is 4. The number of rotatable bonds is 2. The molecule has 1 aliphatic rings. The predicted molar refractivity (Wildman–Crippen MR) is 71.5 cm³/mol. The van der Waals surface area contributed by atoms with E-state index in [4.69, 9.17) is 0 Å². The summed E-state index contributed by atoms with van der Waals surface area (Å²) in [5, 5.41) is 3.34. The molecule has 1 aromatic rings. The summed E-state index contributed by atoms with van der Waals surface area (Å²) >= 11 is 4.01. The van der Waals surface area contributed by atoms with Crippen molar-refractivity contribution in [2.75, 3.05) is 16.8 Å². The Hall–Kier alpha value is -0.240. The Morgan fingerprint density at radius 3 is 3.00 bits per heavy atom. The minimum Gasteiger partial charge on any atom is -0.366 e. The summed E-state index contributed by atoms with van der Waals surface area (Å²) < 4.78 is 0.647. The highest BCUT2D eigenvalue weighted by molar-refractivity contribution is 14.1. The highest BCUT2D eigenvalue weighted by Crippen LogP contribution is 2.21. The van der Waals surface area contributed by atoms with Crippen LogP contribution in [-0.4, -0.2) is 27.5 Å². The van der Waals surface area contributed by atoms with Gasteiger partial charge in [-0.05, 0) is 46.9 Å². The third-order valence-electron chi connectivity index (χ3n) is 2.36. The zero-order valence-electron chi connectivity index (χ0n) is 8.12. The Morgan fingerprint density at radius 1 is 1.53 bits per heavy atom. The van der Waals surface area contributed by atoms with Crippen LogP contribution in [0.2, 0.25) is 0 Å². The SMILES string of the molecule is O=c1[nH]cnc(NC2CCSCC2)c1I. The topological polar surface area (TPSA) is 57.8 Å². The number of aromatic amines is 1. The number of aromatic nitrogens is 2. The molecule has 1 saturated heterocycles. The molecule has 0 unspecified atom stereocenters. The number of H-pyrrole nitrogens is 1. The van der Waals surface area contributed by atoms with Crippen LogP contribution in [0.1, 0.15) is 12.8 Å². The van der Waals surface area contributed by atoms with Crippen LogP contribution in [0.15, 0.2) is 11.1 Å². The van der Waals surface area contributed by atoms with E-state index in [1.54, 1.807) is 0 Å². The lowest BCUT2D eigenvalue weighted by Crippen LogP contribution is -2.27. The summed E-state index contributed by atoms with van der Waals surface area (Å²) in [6.45, 7) is 0. The average Bonchev–Trinajstić information content (AvgIpc) is 2.26. The minimum absolute atomic E-state index is 0.0710. The molecule has 82 valence electrons. The van der Waals surface area contributed by atoms with E-state index in [-0.39, 0.29) is 5.56 Å². The molecule has 2 rings (SSSR count). The standard InChI is InChI=1S/C9H12IN3OS/c10-7-8(11-5-12-9(7)14)13-6-1-3-15-4-2-6/h5-6H,1-4H2,(H2,11,12,13,14). The smallest absolute Gasteiger partial charge is 0.266 e. The van der Waals surface area contributed by atoms with E-state index in [1.807, 2.05) is 34.4 Å². The largest absolute Gasteiger partial charge is 0.366 e. The summed E-state index contributed by atoms with van der Waals surface area (Å²) in [5.74, 6) is 3.10. The first-order valence-corrected chi connectivity index (χ1v) is 7.08. The predicted octanol–water partition coefficient (Wildman–Crippen LogP) is 1.68. The molecule has 0 atom stereocenters. The summed E-state index contributed by atoms with van der Waals surface area (Å²) in [5.41, 5.74) is -0.0710. The number of nitrogens with one attached hydrogen (secondary N) is 2. The zero-order chi connectivity index (χ0) is 10.7. The summed E-state index contributed by atoms with van der Waals surface area (Å²) in [4.78, 5) is 18.0. The first-order valence-electron chi connectivity index (χ1n) is 4.85. The first-order chi connectivity index (χ1) is 7.27. The van der Waals surface area contributed by atoms with Crippen LogP contribution >= 0.6 is 34.4 Å². The molecule has 6 heteroatoms. The van der Waals surface area contributed by atoms with Gasteiger partial charge in [-0.15, -0.1) is 0 Å². The van der Waals surface area contributed by atoms with Gasteiger partial charge in [-0.1, -0.05) is 0 Å². The maximum atomic E-state index is 11.3. The third-order valence-corrected chi connectivity index (χ3v) is 4.41. The van der Waals surface area contributed by atoms with Gasteiger partial charge in [0.05, 0.1) is 6.33 Å². The molecular weight excluding hydrogens is 325 g/mol. The molecule has 1 fully saturated rings. The molecule has 0 spiro atoms. The van der Waals surface area contributed by atoms with Gasteiger partial charge in [0.2, 0.25) is 0 Å². The lowest BCUT2D eigenvalue weighted by molar-refractivity contribution is 0.662. The highest BCUT2D eigenvalue weighted by Gasteiger charge is 2.15. The Balaban J connectivity index is 2.09. The van der Waals surface area contributed by atoms with Gasteiger partial charge >= 0.3 is 0 Å². The van der Waals surface area contributed by atoms with Gasteiger partial charge in [-0.2, -0.15) is 11.8 Å². The molecule has 0 aliphatic carbocycles. The monoisotopic (exact) mass is 337 g/mol. The van der Waals surface area contributed by atoms with Gasteiger partial charge in [0.15, 0.2) is 0 Å². The van der Waals surface area contributed by atoms with Crippen molar-refractivity contribution >= 4 is 40.2 Å². The normalized spacial score (nSPS) is 17.7. The number of halogens is 1. The van der Waals surface area contributed by atoms with Crippen molar-refractivity contribution in [2.45, 2.75) is 18.9 Å². The quantitative estimate of drug-likeness (QED) is 0.807. The van der Waals surface area contributed by atoms with Gasteiger partial charge in [-0.25, -0.2) is 4.98 Å². The van der Waals surface area contributed by atoms with E-state index in [2.05, 4.69) is 15.3 Å². The van der Waals surface area contributed by atoms with Gasteiger partial charge < -0.3 is 10.3 Å². The van der Waals surface area contributed by atoms with E-state index >= 15 is 0 Å². The summed E-state index contributed by atoms with van der Waals surface area (Å²) in [7, 11) is 0. The second-order valence-electron chi connectivity index (χ2n) is 3.43. The van der Waals surface area contributed by atoms with Crippen LogP contribution < -0.4 is 10.9 Å². The maximum Gasteiger partial charge on any atom is 0.266 e. The molecule has 0 aromatic carbocycles. The van der Waals surface area contributed by atoms with Crippen molar-refractivity contribution in [1.82, 2.24) is 9.97 Å². The molecule has 0 saturated carbocycles. The molecule has 1 aromatic heterocycles. The fourth-order valence-corrected chi connectivity index (χ4v) is 3.08. The van der Waals surface area contributed by atoms with Crippen molar-refractivity contribution in [3.05, 3.63) is 20.3 Å². The van der Waals surface area contributed by atoms with E-state index in [1.165, 1.54) is 17.8 Å². The molecule has 2 N–H and O–H groups in total. The molecule has 2 heterocycles. The van der Waals surface area contributed by atoms with Crippen molar-refractivity contribution in [3.8, 4) is 0 Å². The van der Waals surface area contributed by atoms with Gasteiger partial charge in [0, 0.05) is 6.04 Å². The second kappa shape index (κ2) is 5.20. The van der Waals surface area contributed by atoms with Crippen molar-refractivity contribution in [3.63, 3.8) is 0 Å². The van der Waals surface area contributed by atoms with Crippen LogP contribution in [0.3, 0.4) is 0 Å². The lowest BCUT2D eigenvalue weighted by Gasteiger charge is -2.23. The van der Waals surface area contributed by atoms with Crippen LogP contribution in [0.5, 0.6) is 0 Å². The second-order valence-corrected chi connectivity index (χ2v) is 5.73. The van der Waals surface area contributed by atoms with Gasteiger partial charge in [0.25, 0.3) is 5.56 Å². The Kier molecular flexibility index (Phi) is 3.90. The summed E-state index contributed by atoms with van der Waals surface area (Å²) in [6, 6.07) is 0.467. The van der Waals surface area contributed by atoms with Crippen LogP contribution in [-0.2, 0) is 0 Å². The molecule has 1 aliphatic heterocycles. The van der Waals surface area contributed by atoms with Crippen LogP contribution in [0.25, 0.3) is 0 Å². The van der Waals surface area contributed by atoms with E-state index in [0.29, 0.717) is 9.61 Å². The van der Waals surface area contributed by atoms with Gasteiger partial charge in [0.1, 0.15) is 9.39 Å². The zero-order valence-corrected chi connectivity index (χ0v) is 11.1. The molecule has 4 nitrogen and oxygen atoms in total. The molecule has 15 heavy (non-hydrogen) atoms. The maximum absolute atomic E-state index is 11.3. The van der Waals surface area contributed by atoms with Crippen molar-refractivity contribution in [1.29, 1.82) is 0 Å². The number of nitrogens with zero attached hydrogens (tertiary/aromatic N) is 1. The van der Waals surface area contributed by atoms with Crippen molar-refractivity contribution in [2.24, 2.45) is 0 Å². The Bertz CT molecular complexity index is 389. The number of hydrogen-bond donors (Lipinski definition) is 2. The molecule has 0 amide bonds. The first kappa shape index (κ1) is 11.3. The fourth-order valence-electron chi connectivity index (χ4n) is 1.52. The number of anilines is 1. The van der Waals surface area contributed by atoms with E-state index in [9.17, 15) is 4.79 Å². The highest BCUT2D eigenvalue weighted by atomic mass is 127.